The molecule has 0 aliphatic carbocycles. The fourth-order valence-corrected chi connectivity index (χ4v) is 2.84. The normalized spacial score (nSPS) is 20.1. The number of hydrogen-bond donors (Lipinski definition) is 1. The molecule has 1 aromatic carbocycles. The van der Waals surface area contributed by atoms with E-state index in [-0.39, 0.29) is 11.9 Å². The predicted octanol–water partition coefficient (Wildman–Crippen LogP) is 0.965. The van der Waals surface area contributed by atoms with E-state index in [0.717, 1.165) is 11.4 Å². The average molecular weight is 247 g/mol. The highest BCUT2D eigenvalue weighted by molar-refractivity contribution is 8.00. The van der Waals surface area contributed by atoms with Crippen LogP contribution in [-0.2, 0) is 4.79 Å². The van der Waals surface area contributed by atoms with Crippen LogP contribution in [0, 0.1) is 11.3 Å². The molecule has 17 heavy (non-hydrogen) atoms. The second kappa shape index (κ2) is 5.21. The first-order valence-electron chi connectivity index (χ1n) is 5.36. The minimum Gasteiger partial charge on any atom is -0.328 e. The van der Waals surface area contributed by atoms with Crippen LogP contribution in [0.5, 0.6) is 0 Å². The first kappa shape index (κ1) is 12.0. The third kappa shape index (κ3) is 2.43. The monoisotopic (exact) mass is 247 g/mol. The molecule has 1 aliphatic rings. The van der Waals surface area contributed by atoms with Gasteiger partial charge in [0.2, 0.25) is 5.91 Å². The van der Waals surface area contributed by atoms with E-state index in [1.54, 1.807) is 40.9 Å². The minimum atomic E-state index is 0.0502. The maximum atomic E-state index is 11.9. The van der Waals surface area contributed by atoms with Crippen LogP contribution in [0.4, 0.5) is 5.69 Å². The number of amides is 1. The number of thioether (sulfide) groups is 1. The lowest BCUT2D eigenvalue weighted by Crippen LogP contribution is -2.50. The van der Waals surface area contributed by atoms with Crippen molar-refractivity contribution >= 4 is 23.4 Å². The Kier molecular flexibility index (Phi) is 3.67. The topological polar surface area (TPSA) is 70.1 Å². The predicted molar refractivity (Wildman–Crippen MR) is 68.8 cm³/mol. The van der Waals surface area contributed by atoms with E-state index in [9.17, 15) is 4.79 Å². The Morgan fingerprint density at radius 1 is 1.47 bits per heavy atom. The summed E-state index contributed by atoms with van der Waals surface area (Å²) in [5.41, 5.74) is 7.11. The number of carbonyl (C=O) groups excluding carboxylic acids is 1. The number of nitrogens with zero attached hydrogens (tertiary/aromatic N) is 2. The highest BCUT2D eigenvalue weighted by Crippen LogP contribution is 2.24. The standard InChI is InChI=1S/C12H13N3OS/c13-5-9-1-3-10(4-2-9)15-11(6-14)7-17-8-12(15)16/h1-4,11H,6-8,14H2. The smallest absolute Gasteiger partial charge is 0.237 e. The SMILES string of the molecule is N#Cc1ccc(N2C(=O)CSCC2CN)cc1. The second-order valence-corrected chi connectivity index (χ2v) is 4.86. The molecule has 1 saturated heterocycles. The first-order chi connectivity index (χ1) is 8.26. The zero-order valence-electron chi connectivity index (χ0n) is 9.30. The maximum absolute atomic E-state index is 11.9. The molecule has 0 aromatic heterocycles. The molecule has 1 aromatic rings. The summed E-state index contributed by atoms with van der Waals surface area (Å²) in [6.07, 6.45) is 0. The molecule has 1 fully saturated rings. The summed E-state index contributed by atoms with van der Waals surface area (Å²) in [6, 6.07) is 9.15. The fourth-order valence-electron chi connectivity index (χ4n) is 1.85. The van der Waals surface area contributed by atoms with Crippen LogP contribution < -0.4 is 10.6 Å². The summed E-state index contributed by atoms with van der Waals surface area (Å²) in [6.45, 7) is 0.457. The summed E-state index contributed by atoms with van der Waals surface area (Å²) in [5, 5.41) is 8.74. The van der Waals surface area contributed by atoms with Gasteiger partial charge in [-0.25, -0.2) is 0 Å². The highest BCUT2D eigenvalue weighted by atomic mass is 32.2. The maximum Gasteiger partial charge on any atom is 0.237 e. The van der Waals surface area contributed by atoms with Crippen LogP contribution in [0.1, 0.15) is 5.56 Å². The van der Waals surface area contributed by atoms with Crippen molar-refractivity contribution in [3.8, 4) is 6.07 Å². The van der Waals surface area contributed by atoms with Gasteiger partial charge in [0, 0.05) is 18.0 Å². The van der Waals surface area contributed by atoms with Crippen LogP contribution >= 0.6 is 11.8 Å². The van der Waals surface area contributed by atoms with Crippen molar-refractivity contribution in [1.82, 2.24) is 0 Å². The molecule has 1 aliphatic heterocycles. The molecule has 0 radical (unpaired) electrons. The van der Waals surface area contributed by atoms with E-state index >= 15 is 0 Å². The van der Waals surface area contributed by atoms with Gasteiger partial charge in [-0.15, -0.1) is 11.8 Å². The number of benzene rings is 1. The summed E-state index contributed by atoms with van der Waals surface area (Å²) >= 11 is 1.62. The molecule has 2 rings (SSSR count). The van der Waals surface area contributed by atoms with Gasteiger partial charge in [-0.2, -0.15) is 5.26 Å². The van der Waals surface area contributed by atoms with Crippen LogP contribution in [0.2, 0.25) is 0 Å². The van der Waals surface area contributed by atoms with Crippen molar-refractivity contribution in [2.45, 2.75) is 6.04 Å². The molecule has 5 heteroatoms. The lowest BCUT2D eigenvalue weighted by molar-refractivity contribution is -0.116. The third-order valence-corrected chi connectivity index (χ3v) is 3.79. The van der Waals surface area contributed by atoms with Crippen molar-refractivity contribution in [3.05, 3.63) is 29.8 Å². The Balaban J connectivity index is 2.28. The van der Waals surface area contributed by atoms with Crippen LogP contribution in [0.3, 0.4) is 0 Å². The zero-order valence-corrected chi connectivity index (χ0v) is 10.1. The van der Waals surface area contributed by atoms with Crippen LogP contribution in [0.15, 0.2) is 24.3 Å². The van der Waals surface area contributed by atoms with E-state index in [2.05, 4.69) is 6.07 Å². The van der Waals surface area contributed by atoms with Gasteiger partial charge in [0.05, 0.1) is 23.4 Å². The van der Waals surface area contributed by atoms with Gasteiger partial charge in [0.25, 0.3) is 0 Å². The molecule has 0 saturated carbocycles. The van der Waals surface area contributed by atoms with E-state index in [1.165, 1.54) is 0 Å². The van der Waals surface area contributed by atoms with Gasteiger partial charge >= 0.3 is 0 Å². The Morgan fingerprint density at radius 3 is 2.76 bits per heavy atom. The molecule has 1 atom stereocenters. The van der Waals surface area contributed by atoms with E-state index < -0.39 is 0 Å². The summed E-state index contributed by atoms with van der Waals surface area (Å²) in [4.78, 5) is 13.7. The highest BCUT2D eigenvalue weighted by Gasteiger charge is 2.28. The van der Waals surface area contributed by atoms with E-state index in [0.29, 0.717) is 17.9 Å². The van der Waals surface area contributed by atoms with Crippen LogP contribution in [-0.4, -0.2) is 30.0 Å². The first-order valence-corrected chi connectivity index (χ1v) is 6.51. The second-order valence-electron chi connectivity index (χ2n) is 3.83. The van der Waals surface area contributed by atoms with Gasteiger partial charge in [-0.3, -0.25) is 4.79 Å². The van der Waals surface area contributed by atoms with Crippen molar-refractivity contribution < 1.29 is 4.79 Å². The zero-order chi connectivity index (χ0) is 12.3. The molecule has 0 bridgehead atoms. The molecule has 1 amide bonds. The van der Waals surface area contributed by atoms with E-state index in [4.69, 9.17) is 11.0 Å². The molecular weight excluding hydrogens is 234 g/mol. The van der Waals surface area contributed by atoms with Crippen molar-refractivity contribution in [2.75, 3.05) is 23.0 Å². The van der Waals surface area contributed by atoms with Gasteiger partial charge < -0.3 is 10.6 Å². The number of carbonyl (C=O) groups is 1. The van der Waals surface area contributed by atoms with Gasteiger partial charge in [-0.1, -0.05) is 0 Å². The van der Waals surface area contributed by atoms with Gasteiger partial charge in [0.1, 0.15) is 0 Å². The van der Waals surface area contributed by atoms with Crippen LogP contribution in [0.25, 0.3) is 0 Å². The minimum absolute atomic E-state index is 0.0502. The molecule has 0 spiro atoms. The van der Waals surface area contributed by atoms with Crippen molar-refractivity contribution in [2.24, 2.45) is 5.73 Å². The summed E-state index contributed by atoms with van der Waals surface area (Å²) in [5.74, 6) is 1.44. The Hall–Kier alpha value is -1.51. The molecule has 88 valence electrons. The third-order valence-electron chi connectivity index (χ3n) is 2.72. The lowest BCUT2D eigenvalue weighted by atomic mass is 10.1. The number of anilines is 1. The Bertz CT molecular complexity index is 452. The molecule has 2 N–H and O–H groups in total. The quantitative estimate of drug-likeness (QED) is 0.845. The van der Waals surface area contributed by atoms with Gasteiger partial charge in [-0.05, 0) is 24.3 Å². The van der Waals surface area contributed by atoms with Crippen molar-refractivity contribution in [3.63, 3.8) is 0 Å². The van der Waals surface area contributed by atoms with Crippen molar-refractivity contribution in [1.29, 1.82) is 5.26 Å². The summed E-state index contributed by atoms with van der Waals surface area (Å²) < 4.78 is 0. The molecular formula is C12H13N3OS. The largest absolute Gasteiger partial charge is 0.328 e. The Morgan fingerprint density at radius 2 is 2.18 bits per heavy atom. The Labute approximate surface area is 104 Å². The number of hydrogen-bond acceptors (Lipinski definition) is 4. The molecule has 1 heterocycles. The number of nitriles is 1. The van der Waals surface area contributed by atoms with Gasteiger partial charge in [0.15, 0.2) is 0 Å². The average Bonchev–Trinajstić information content (AvgIpc) is 2.38. The summed E-state index contributed by atoms with van der Waals surface area (Å²) in [7, 11) is 0. The fraction of sp³-hybridized carbons (Fsp3) is 0.333. The lowest BCUT2D eigenvalue weighted by Gasteiger charge is -2.34. The number of rotatable bonds is 2. The number of nitrogens with two attached hydrogens (primary N) is 1. The van der Waals surface area contributed by atoms with E-state index in [1.807, 2.05) is 0 Å². The molecule has 4 nitrogen and oxygen atoms in total. The molecule has 1 unspecified atom stereocenters.